The minimum Gasteiger partial charge on any atom is -0.321 e. The smallest absolute Gasteiger partial charge is 0.257 e. The topological polar surface area (TPSA) is 54.9 Å². The lowest BCUT2D eigenvalue weighted by Gasteiger charge is -2.09. The van der Waals surface area contributed by atoms with Gasteiger partial charge in [0.1, 0.15) is 0 Å². The molecule has 4 nitrogen and oxygen atoms in total. The number of para-hydroxylation sites is 1. The van der Waals surface area contributed by atoms with Crippen LogP contribution in [0.3, 0.4) is 0 Å². The average Bonchev–Trinajstić information content (AvgIpc) is 2.47. The lowest BCUT2D eigenvalue weighted by atomic mass is 10.1. The van der Waals surface area contributed by atoms with Crippen LogP contribution in [0.4, 0.5) is 5.69 Å². The van der Waals surface area contributed by atoms with Crippen molar-refractivity contribution in [3.63, 3.8) is 0 Å². The zero-order valence-corrected chi connectivity index (χ0v) is 12.9. The Balaban J connectivity index is 2.00. The van der Waals surface area contributed by atoms with Crippen molar-refractivity contribution in [1.82, 2.24) is 9.97 Å². The van der Waals surface area contributed by atoms with Crippen LogP contribution in [-0.4, -0.2) is 15.9 Å². The molecule has 0 bridgehead atoms. The van der Waals surface area contributed by atoms with Crippen molar-refractivity contribution < 1.29 is 4.79 Å². The first-order valence-electron chi connectivity index (χ1n) is 6.42. The number of benzene rings is 1. The van der Waals surface area contributed by atoms with E-state index in [-0.39, 0.29) is 5.91 Å². The maximum absolute atomic E-state index is 12.3. The molecule has 0 atom stereocenters. The third-order valence-electron chi connectivity index (χ3n) is 3.06. The van der Waals surface area contributed by atoms with Crippen molar-refractivity contribution in [3.8, 4) is 0 Å². The third kappa shape index (κ3) is 2.92. The number of anilines is 1. The lowest BCUT2D eigenvalue weighted by Crippen LogP contribution is -2.13. The van der Waals surface area contributed by atoms with Gasteiger partial charge in [0.05, 0.1) is 16.8 Å². The molecule has 5 heteroatoms. The van der Waals surface area contributed by atoms with Gasteiger partial charge >= 0.3 is 0 Å². The summed E-state index contributed by atoms with van der Waals surface area (Å²) in [5.74, 6) is -0.195. The SMILES string of the molecule is Cc1cc(NC(=O)c2cncc(Br)c2)c2ccccc2n1. The summed E-state index contributed by atoms with van der Waals surface area (Å²) in [5, 5.41) is 3.85. The summed E-state index contributed by atoms with van der Waals surface area (Å²) in [7, 11) is 0. The van der Waals surface area contributed by atoms with E-state index >= 15 is 0 Å². The van der Waals surface area contributed by atoms with E-state index < -0.39 is 0 Å². The van der Waals surface area contributed by atoms with Gasteiger partial charge in [-0.25, -0.2) is 0 Å². The first-order valence-corrected chi connectivity index (χ1v) is 7.21. The zero-order chi connectivity index (χ0) is 14.8. The minimum atomic E-state index is -0.195. The fourth-order valence-electron chi connectivity index (χ4n) is 2.14. The molecule has 1 N–H and O–H groups in total. The summed E-state index contributed by atoms with van der Waals surface area (Å²) < 4.78 is 0.769. The Hall–Kier alpha value is -2.27. The summed E-state index contributed by atoms with van der Waals surface area (Å²) in [4.78, 5) is 20.8. The predicted molar refractivity (Wildman–Crippen MR) is 86.4 cm³/mol. The molecule has 0 aliphatic heterocycles. The van der Waals surface area contributed by atoms with E-state index in [9.17, 15) is 4.79 Å². The number of nitrogens with one attached hydrogen (secondary N) is 1. The number of aromatic nitrogens is 2. The molecule has 3 aromatic rings. The molecule has 0 aliphatic carbocycles. The van der Waals surface area contributed by atoms with E-state index in [1.165, 1.54) is 6.20 Å². The lowest BCUT2D eigenvalue weighted by molar-refractivity contribution is 0.102. The van der Waals surface area contributed by atoms with Crippen LogP contribution in [0.1, 0.15) is 16.1 Å². The van der Waals surface area contributed by atoms with Crippen molar-refractivity contribution in [2.45, 2.75) is 6.92 Å². The maximum Gasteiger partial charge on any atom is 0.257 e. The number of nitrogens with zero attached hydrogens (tertiary/aromatic N) is 2. The van der Waals surface area contributed by atoms with Crippen LogP contribution in [0.25, 0.3) is 10.9 Å². The Kier molecular flexibility index (Phi) is 3.66. The molecule has 104 valence electrons. The molecule has 2 heterocycles. The molecule has 0 radical (unpaired) electrons. The van der Waals surface area contributed by atoms with E-state index in [1.807, 2.05) is 37.3 Å². The highest BCUT2D eigenvalue weighted by atomic mass is 79.9. The highest BCUT2D eigenvalue weighted by molar-refractivity contribution is 9.10. The van der Waals surface area contributed by atoms with Gasteiger partial charge in [-0.1, -0.05) is 18.2 Å². The molecule has 2 aromatic heterocycles. The van der Waals surface area contributed by atoms with E-state index in [1.54, 1.807) is 12.3 Å². The van der Waals surface area contributed by atoms with Gasteiger partial charge in [0.15, 0.2) is 0 Å². The van der Waals surface area contributed by atoms with Crippen LogP contribution < -0.4 is 5.32 Å². The highest BCUT2D eigenvalue weighted by Crippen LogP contribution is 2.23. The Morgan fingerprint density at radius 3 is 2.81 bits per heavy atom. The summed E-state index contributed by atoms with van der Waals surface area (Å²) in [6, 6.07) is 11.3. The van der Waals surface area contributed by atoms with Gasteiger partial charge in [-0.3, -0.25) is 14.8 Å². The number of halogens is 1. The van der Waals surface area contributed by atoms with Crippen molar-refractivity contribution >= 4 is 38.4 Å². The second kappa shape index (κ2) is 5.61. The van der Waals surface area contributed by atoms with Crippen molar-refractivity contribution in [3.05, 3.63) is 64.5 Å². The molecule has 0 spiro atoms. The summed E-state index contributed by atoms with van der Waals surface area (Å²) in [6.07, 6.45) is 3.18. The van der Waals surface area contributed by atoms with Gasteiger partial charge < -0.3 is 5.32 Å². The fraction of sp³-hybridized carbons (Fsp3) is 0.0625. The number of amides is 1. The molecule has 0 unspecified atom stereocenters. The average molecular weight is 342 g/mol. The van der Waals surface area contributed by atoms with Gasteiger partial charge in [0.25, 0.3) is 5.91 Å². The standard InChI is InChI=1S/C16H12BrN3O/c1-10-6-15(13-4-2-3-5-14(13)19-10)20-16(21)11-7-12(17)9-18-8-11/h2-9H,1H3,(H,19,20,21). The molecule has 0 aliphatic rings. The summed E-state index contributed by atoms with van der Waals surface area (Å²) in [6.45, 7) is 1.91. The number of hydrogen-bond donors (Lipinski definition) is 1. The second-order valence-electron chi connectivity index (χ2n) is 4.67. The number of fused-ring (bicyclic) bond motifs is 1. The van der Waals surface area contributed by atoms with E-state index in [0.29, 0.717) is 5.56 Å². The van der Waals surface area contributed by atoms with Gasteiger partial charge in [-0.15, -0.1) is 0 Å². The van der Waals surface area contributed by atoms with Crippen molar-refractivity contribution in [2.75, 3.05) is 5.32 Å². The van der Waals surface area contributed by atoms with Gasteiger partial charge in [0, 0.05) is 27.9 Å². The zero-order valence-electron chi connectivity index (χ0n) is 11.3. The molecule has 21 heavy (non-hydrogen) atoms. The normalized spacial score (nSPS) is 10.6. The van der Waals surface area contributed by atoms with Crippen LogP contribution >= 0.6 is 15.9 Å². The number of aryl methyl sites for hydroxylation is 1. The van der Waals surface area contributed by atoms with Crippen LogP contribution in [0.2, 0.25) is 0 Å². The van der Waals surface area contributed by atoms with Gasteiger partial charge in [0.2, 0.25) is 0 Å². The fourth-order valence-corrected chi connectivity index (χ4v) is 2.51. The largest absolute Gasteiger partial charge is 0.321 e. The Bertz CT molecular complexity index is 833. The number of hydrogen-bond acceptors (Lipinski definition) is 3. The van der Waals surface area contributed by atoms with Gasteiger partial charge in [-0.2, -0.15) is 0 Å². The molecule has 3 rings (SSSR count). The van der Waals surface area contributed by atoms with Crippen LogP contribution in [0.5, 0.6) is 0 Å². The number of carbonyl (C=O) groups is 1. The van der Waals surface area contributed by atoms with Crippen LogP contribution in [0.15, 0.2) is 53.3 Å². The molecule has 1 aromatic carbocycles. The number of carbonyl (C=O) groups excluding carboxylic acids is 1. The third-order valence-corrected chi connectivity index (χ3v) is 3.49. The van der Waals surface area contributed by atoms with Crippen LogP contribution in [-0.2, 0) is 0 Å². The monoisotopic (exact) mass is 341 g/mol. The maximum atomic E-state index is 12.3. The first-order chi connectivity index (χ1) is 10.1. The number of rotatable bonds is 2. The number of pyridine rings is 2. The van der Waals surface area contributed by atoms with E-state index in [0.717, 1.165) is 26.8 Å². The Morgan fingerprint density at radius 2 is 2.00 bits per heavy atom. The van der Waals surface area contributed by atoms with Crippen molar-refractivity contribution in [1.29, 1.82) is 0 Å². The molecular weight excluding hydrogens is 330 g/mol. The quantitative estimate of drug-likeness (QED) is 0.767. The summed E-state index contributed by atoms with van der Waals surface area (Å²) >= 11 is 3.31. The minimum absolute atomic E-state index is 0.195. The summed E-state index contributed by atoms with van der Waals surface area (Å²) in [5.41, 5.74) is 2.97. The molecular formula is C16H12BrN3O. The first kappa shape index (κ1) is 13.7. The highest BCUT2D eigenvalue weighted by Gasteiger charge is 2.10. The second-order valence-corrected chi connectivity index (χ2v) is 5.59. The molecule has 0 fully saturated rings. The van der Waals surface area contributed by atoms with E-state index in [2.05, 4.69) is 31.2 Å². The predicted octanol–water partition coefficient (Wildman–Crippen LogP) is 3.95. The Morgan fingerprint density at radius 1 is 1.19 bits per heavy atom. The molecule has 0 saturated carbocycles. The van der Waals surface area contributed by atoms with Crippen LogP contribution in [0, 0.1) is 6.92 Å². The van der Waals surface area contributed by atoms with E-state index in [4.69, 9.17) is 0 Å². The Labute approximate surface area is 130 Å². The molecule has 0 saturated heterocycles. The molecule has 1 amide bonds. The van der Waals surface area contributed by atoms with Crippen molar-refractivity contribution in [2.24, 2.45) is 0 Å². The van der Waals surface area contributed by atoms with Gasteiger partial charge in [-0.05, 0) is 41.1 Å².